The van der Waals surface area contributed by atoms with Crippen molar-refractivity contribution < 1.29 is 0 Å². The van der Waals surface area contributed by atoms with Crippen LogP contribution in [0.15, 0.2) is 224 Å². The van der Waals surface area contributed by atoms with Crippen molar-refractivity contribution in [2.24, 2.45) is 0 Å². The summed E-state index contributed by atoms with van der Waals surface area (Å²) in [5.41, 5.74) is 15.4. The molecule has 0 atom stereocenters. The molecule has 0 saturated heterocycles. The van der Waals surface area contributed by atoms with E-state index < -0.39 is 5.41 Å². The molecule has 11 rings (SSSR count). The lowest BCUT2D eigenvalue weighted by Crippen LogP contribution is -2.28. The highest BCUT2D eigenvalue weighted by Crippen LogP contribution is 2.56. The molecule has 9 aromatic carbocycles. The number of anilines is 3. The third kappa shape index (κ3) is 5.37. The van der Waals surface area contributed by atoms with E-state index in [-0.39, 0.29) is 0 Å². The molecule has 0 unspecified atom stereocenters. The minimum absolute atomic E-state index is 0.486. The maximum absolute atomic E-state index is 2.42. The lowest BCUT2D eigenvalue weighted by molar-refractivity contribution is 0.768. The summed E-state index contributed by atoms with van der Waals surface area (Å²) in [5, 5.41) is 2.64. The van der Waals surface area contributed by atoms with Crippen molar-refractivity contribution in [3.05, 3.63) is 247 Å². The highest BCUT2D eigenvalue weighted by atomic mass is 32.1. The summed E-state index contributed by atoms with van der Waals surface area (Å²) in [7, 11) is 0. The van der Waals surface area contributed by atoms with E-state index in [1.54, 1.807) is 0 Å². The van der Waals surface area contributed by atoms with Gasteiger partial charge in [-0.1, -0.05) is 182 Å². The maximum atomic E-state index is 2.42. The van der Waals surface area contributed by atoms with E-state index in [4.69, 9.17) is 0 Å². The third-order valence-electron chi connectivity index (χ3n) is 11.8. The first-order valence-corrected chi connectivity index (χ1v) is 20.4. The van der Waals surface area contributed by atoms with Crippen molar-refractivity contribution in [1.82, 2.24) is 0 Å². The Bertz CT molecular complexity index is 3010. The molecule has 1 nitrogen and oxygen atoms in total. The summed E-state index contributed by atoms with van der Waals surface area (Å²) < 4.78 is 2.65. The van der Waals surface area contributed by atoms with Gasteiger partial charge < -0.3 is 4.90 Å². The Morgan fingerprint density at radius 2 is 0.842 bits per heavy atom. The van der Waals surface area contributed by atoms with E-state index in [0.717, 1.165) is 17.1 Å². The van der Waals surface area contributed by atoms with Crippen LogP contribution in [0.25, 0.3) is 53.6 Å². The van der Waals surface area contributed by atoms with Crippen LogP contribution in [-0.4, -0.2) is 0 Å². The highest BCUT2D eigenvalue weighted by molar-refractivity contribution is 7.26. The number of rotatable bonds is 7. The Kier molecular flexibility index (Phi) is 7.98. The quantitative estimate of drug-likeness (QED) is 0.157. The molecule has 268 valence electrons. The second-order valence-electron chi connectivity index (χ2n) is 14.8. The van der Waals surface area contributed by atoms with Gasteiger partial charge in [-0.15, -0.1) is 11.3 Å². The van der Waals surface area contributed by atoms with Crippen molar-refractivity contribution in [3.63, 3.8) is 0 Å². The number of nitrogens with zero attached hydrogens (tertiary/aromatic N) is 1. The lowest BCUT2D eigenvalue weighted by Gasteiger charge is -2.35. The van der Waals surface area contributed by atoms with Gasteiger partial charge in [0, 0.05) is 37.2 Å². The average molecular weight is 744 g/mol. The molecule has 0 saturated carbocycles. The zero-order valence-corrected chi connectivity index (χ0v) is 32.0. The van der Waals surface area contributed by atoms with Crippen LogP contribution in [0.2, 0.25) is 0 Å². The standard InChI is InChI=1S/C55H37NS/c1-3-15-38(16-4-1)39-29-33-43(34-30-39)56(44-35-31-40(32-36-44)46-24-14-25-50-49-23-9-12-28-53(49)57-54(46)50)45-20-13-19-42(37-45)55(41-17-5-2-6-18-41)51-26-10-7-21-47(51)48-22-8-11-27-52(48)55/h1-37H. The van der Waals surface area contributed by atoms with Crippen molar-refractivity contribution in [2.75, 3.05) is 4.90 Å². The molecule has 1 heterocycles. The van der Waals surface area contributed by atoms with Crippen LogP contribution in [0.4, 0.5) is 17.1 Å². The number of thiophene rings is 1. The maximum Gasteiger partial charge on any atom is 0.0714 e. The first kappa shape index (κ1) is 33.3. The van der Waals surface area contributed by atoms with E-state index in [9.17, 15) is 0 Å². The first-order valence-electron chi connectivity index (χ1n) is 19.6. The molecule has 10 aromatic rings. The molecule has 0 fully saturated rings. The van der Waals surface area contributed by atoms with Gasteiger partial charge in [-0.2, -0.15) is 0 Å². The van der Waals surface area contributed by atoms with Gasteiger partial charge in [-0.25, -0.2) is 0 Å². The molecule has 1 aliphatic rings. The molecule has 0 radical (unpaired) electrons. The predicted molar refractivity (Wildman–Crippen MR) is 242 cm³/mol. The highest BCUT2D eigenvalue weighted by Gasteiger charge is 2.46. The normalized spacial score (nSPS) is 12.7. The fraction of sp³-hybridized carbons (Fsp3) is 0.0182. The number of hydrogen-bond acceptors (Lipinski definition) is 2. The molecule has 2 heteroatoms. The summed E-state index contributed by atoms with van der Waals surface area (Å²) in [6.45, 7) is 0. The Morgan fingerprint density at radius 1 is 0.333 bits per heavy atom. The van der Waals surface area contributed by atoms with Gasteiger partial charge in [0.15, 0.2) is 0 Å². The van der Waals surface area contributed by atoms with E-state index in [1.807, 2.05) is 11.3 Å². The summed E-state index contributed by atoms with van der Waals surface area (Å²) in [6, 6.07) is 82.4. The van der Waals surface area contributed by atoms with Gasteiger partial charge in [0.05, 0.1) is 5.41 Å². The zero-order chi connectivity index (χ0) is 37.8. The Labute approximate surface area is 337 Å². The fourth-order valence-corrected chi connectivity index (χ4v) is 10.5. The molecule has 0 N–H and O–H groups in total. The Hall–Kier alpha value is -7.00. The van der Waals surface area contributed by atoms with Crippen LogP contribution in [0.3, 0.4) is 0 Å². The lowest BCUT2D eigenvalue weighted by atomic mass is 9.67. The molecule has 1 aliphatic carbocycles. The number of fused-ring (bicyclic) bond motifs is 6. The van der Waals surface area contributed by atoms with E-state index in [2.05, 4.69) is 229 Å². The van der Waals surface area contributed by atoms with Gasteiger partial charge in [-0.3, -0.25) is 0 Å². The van der Waals surface area contributed by atoms with Crippen LogP contribution in [0, 0.1) is 0 Å². The predicted octanol–water partition coefficient (Wildman–Crippen LogP) is 15.2. The SMILES string of the molecule is c1ccc(-c2ccc(N(c3ccc(-c4cccc5c4sc4ccccc45)cc3)c3cccc(C4(c5ccccc5)c5ccccc5-c5ccccc54)c3)cc2)cc1. The first-order chi connectivity index (χ1) is 28.3. The molecule has 0 aliphatic heterocycles. The van der Waals surface area contributed by atoms with Gasteiger partial charge in [0.1, 0.15) is 0 Å². The largest absolute Gasteiger partial charge is 0.310 e. The molecule has 0 amide bonds. The Balaban J connectivity index is 1.09. The second kappa shape index (κ2) is 13.6. The zero-order valence-electron chi connectivity index (χ0n) is 31.2. The van der Waals surface area contributed by atoms with Crippen molar-refractivity contribution in [1.29, 1.82) is 0 Å². The topological polar surface area (TPSA) is 3.24 Å². The van der Waals surface area contributed by atoms with Crippen LogP contribution in [0.1, 0.15) is 22.3 Å². The van der Waals surface area contributed by atoms with Crippen LogP contribution in [0.5, 0.6) is 0 Å². The van der Waals surface area contributed by atoms with Gasteiger partial charge in [0.25, 0.3) is 0 Å². The summed E-state index contributed by atoms with van der Waals surface area (Å²) in [4.78, 5) is 2.41. The molecule has 57 heavy (non-hydrogen) atoms. The summed E-state index contributed by atoms with van der Waals surface area (Å²) >= 11 is 1.88. The minimum atomic E-state index is -0.486. The number of benzene rings is 9. The van der Waals surface area contributed by atoms with Crippen molar-refractivity contribution in [2.45, 2.75) is 5.41 Å². The van der Waals surface area contributed by atoms with E-state index in [1.165, 1.54) is 75.8 Å². The fourth-order valence-electron chi connectivity index (χ4n) is 9.24. The number of hydrogen-bond donors (Lipinski definition) is 0. The third-order valence-corrected chi connectivity index (χ3v) is 13.0. The summed E-state index contributed by atoms with van der Waals surface area (Å²) in [6.07, 6.45) is 0. The molecule has 1 aromatic heterocycles. The second-order valence-corrected chi connectivity index (χ2v) is 15.9. The van der Waals surface area contributed by atoms with Crippen LogP contribution in [-0.2, 0) is 5.41 Å². The van der Waals surface area contributed by atoms with Gasteiger partial charge in [-0.05, 0) is 98.1 Å². The van der Waals surface area contributed by atoms with Crippen LogP contribution >= 0.6 is 11.3 Å². The smallest absolute Gasteiger partial charge is 0.0714 e. The molecule has 0 spiro atoms. The molecular formula is C55H37NS. The van der Waals surface area contributed by atoms with Crippen molar-refractivity contribution >= 4 is 48.6 Å². The Morgan fingerprint density at radius 3 is 1.54 bits per heavy atom. The minimum Gasteiger partial charge on any atom is -0.310 e. The van der Waals surface area contributed by atoms with Gasteiger partial charge in [0.2, 0.25) is 0 Å². The van der Waals surface area contributed by atoms with Gasteiger partial charge >= 0.3 is 0 Å². The van der Waals surface area contributed by atoms with E-state index >= 15 is 0 Å². The summed E-state index contributed by atoms with van der Waals surface area (Å²) in [5.74, 6) is 0. The monoisotopic (exact) mass is 743 g/mol. The molecular weight excluding hydrogens is 707 g/mol. The van der Waals surface area contributed by atoms with E-state index in [0.29, 0.717) is 0 Å². The van der Waals surface area contributed by atoms with Crippen LogP contribution < -0.4 is 4.90 Å². The molecule has 0 bridgehead atoms. The average Bonchev–Trinajstić information content (AvgIpc) is 3.82. The van der Waals surface area contributed by atoms with Crippen molar-refractivity contribution in [3.8, 4) is 33.4 Å².